The Morgan fingerprint density at radius 1 is 0.923 bits per heavy atom. The lowest BCUT2D eigenvalue weighted by atomic mass is 10.1. The largest absolute Gasteiger partial charge is 0.342 e. The summed E-state index contributed by atoms with van der Waals surface area (Å²) in [6, 6.07) is 19.6. The summed E-state index contributed by atoms with van der Waals surface area (Å²) in [5.74, 6) is 0.416. The van der Waals surface area contributed by atoms with Crippen LogP contribution in [0.25, 0.3) is 0 Å². The first-order valence-electron chi connectivity index (χ1n) is 9.12. The zero-order valence-corrected chi connectivity index (χ0v) is 15.9. The highest BCUT2D eigenvalue weighted by Gasteiger charge is 2.18. The maximum absolute atomic E-state index is 12.9. The van der Waals surface area contributed by atoms with Crippen molar-refractivity contribution in [1.82, 2.24) is 4.90 Å². The molecule has 0 radical (unpaired) electrons. The maximum Gasteiger partial charge on any atom is 0.229 e. The van der Waals surface area contributed by atoms with Crippen molar-refractivity contribution in [2.45, 2.75) is 33.7 Å². The number of rotatable bonds is 8. The monoisotopic (exact) mass is 352 g/mol. The van der Waals surface area contributed by atoms with E-state index in [1.165, 1.54) is 0 Å². The van der Waals surface area contributed by atoms with Gasteiger partial charge in [-0.1, -0.05) is 62.4 Å². The second-order valence-electron chi connectivity index (χ2n) is 6.91. The molecule has 0 atom stereocenters. The predicted molar refractivity (Wildman–Crippen MR) is 106 cm³/mol. The van der Waals surface area contributed by atoms with Crippen LogP contribution in [0.2, 0.25) is 0 Å². The van der Waals surface area contributed by atoms with Crippen LogP contribution in [-0.2, 0) is 16.1 Å². The van der Waals surface area contributed by atoms with Crippen LogP contribution < -0.4 is 4.90 Å². The van der Waals surface area contributed by atoms with Gasteiger partial charge >= 0.3 is 0 Å². The predicted octanol–water partition coefficient (Wildman–Crippen LogP) is 4.11. The molecule has 4 nitrogen and oxygen atoms in total. The molecule has 4 heteroatoms. The third-order valence-electron chi connectivity index (χ3n) is 4.18. The molecule has 0 aromatic heterocycles. The summed E-state index contributed by atoms with van der Waals surface area (Å²) in [4.78, 5) is 28.3. The fourth-order valence-electron chi connectivity index (χ4n) is 2.88. The van der Waals surface area contributed by atoms with Crippen LogP contribution >= 0.6 is 0 Å². The van der Waals surface area contributed by atoms with Crippen molar-refractivity contribution in [1.29, 1.82) is 0 Å². The van der Waals surface area contributed by atoms with Crippen LogP contribution in [0, 0.1) is 5.92 Å². The summed E-state index contributed by atoms with van der Waals surface area (Å²) >= 11 is 0. The van der Waals surface area contributed by atoms with E-state index in [9.17, 15) is 9.59 Å². The lowest BCUT2D eigenvalue weighted by molar-refractivity contribution is -0.130. The normalized spacial score (nSPS) is 10.6. The Kier molecular flexibility index (Phi) is 7.39. The minimum Gasteiger partial charge on any atom is -0.342 e. The number of anilines is 1. The van der Waals surface area contributed by atoms with Gasteiger partial charge in [0.2, 0.25) is 11.8 Å². The second-order valence-corrected chi connectivity index (χ2v) is 6.91. The fraction of sp³-hybridized carbons (Fsp3) is 0.364. The molecule has 0 unspecified atom stereocenters. The number of carbonyl (C=O) groups is 2. The first-order valence-corrected chi connectivity index (χ1v) is 9.12. The van der Waals surface area contributed by atoms with Gasteiger partial charge in [0.05, 0.1) is 6.54 Å². The van der Waals surface area contributed by atoms with Crippen LogP contribution in [0.4, 0.5) is 5.69 Å². The number of hydrogen-bond donors (Lipinski definition) is 0. The van der Waals surface area contributed by atoms with Gasteiger partial charge in [0.1, 0.15) is 0 Å². The van der Waals surface area contributed by atoms with Crippen LogP contribution in [0.5, 0.6) is 0 Å². The third-order valence-corrected chi connectivity index (χ3v) is 4.18. The maximum atomic E-state index is 12.9. The molecule has 0 heterocycles. The Morgan fingerprint density at radius 2 is 1.50 bits per heavy atom. The third kappa shape index (κ3) is 6.03. The van der Waals surface area contributed by atoms with Gasteiger partial charge in [0, 0.05) is 32.1 Å². The second kappa shape index (κ2) is 9.76. The van der Waals surface area contributed by atoms with Gasteiger partial charge in [0.15, 0.2) is 0 Å². The fourth-order valence-corrected chi connectivity index (χ4v) is 2.88. The summed E-state index contributed by atoms with van der Waals surface area (Å²) in [6.07, 6.45) is 0.314. The topological polar surface area (TPSA) is 40.6 Å². The van der Waals surface area contributed by atoms with Crippen molar-refractivity contribution in [3.05, 3.63) is 66.2 Å². The molecule has 2 aromatic carbocycles. The van der Waals surface area contributed by atoms with E-state index in [-0.39, 0.29) is 11.8 Å². The Labute approximate surface area is 156 Å². The number of hydrogen-bond acceptors (Lipinski definition) is 2. The molecule has 138 valence electrons. The molecular weight excluding hydrogens is 324 g/mol. The van der Waals surface area contributed by atoms with Crippen molar-refractivity contribution in [3.8, 4) is 0 Å². The van der Waals surface area contributed by atoms with Crippen LogP contribution in [0.1, 0.15) is 32.8 Å². The molecule has 26 heavy (non-hydrogen) atoms. The van der Waals surface area contributed by atoms with Crippen LogP contribution in [0.3, 0.4) is 0 Å². The first kappa shape index (κ1) is 19.7. The molecule has 0 spiro atoms. The minimum absolute atomic E-state index is 0.0146. The van der Waals surface area contributed by atoms with Crippen LogP contribution in [0.15, 0.2) is 60.7 Å². The minimum atomic E-state index is 0.0146. The number of benzene rings is 2. The molecule has 2 rings (SSSR count). The van der Waals surface area contributed by atoms with Crippen LogP contribution in [-0.4, -0.2) is 29.8 Å². The highest BCUT2D eigenvalue weighted by Crippen LogP contribution is 2.18. The van der Waals surface area contributed by atoms with E-state index in [1.54, 1.807) is 16.7 Å². The van der Waals surface area contributed by atoms with E-state index < -0.39 is 0 Å². The van der Waals surface area contributed by atoms with Crippen molar-refractivity contribution in [3.63, 3.8) is 0 Å². The Bertz CT molecular complexity index is 699. The van der Waals surface area contributed by atoms with E-state index in [4.69, 9.17) is 0 Å². The zero-order chi connectivity index (χ0) is 18.9. The summed E-state index contributed by atoms with van der Waals surface area (Å²) in [5.41, 5.74) is 1.95. The summed E-state index contributed by atoms with van der Waals surface area (Å²) in [7, 11) is 0. The Hall–Kier alpha value is -2.62. The smallest absolute Gasteiger partial charge is 0.229 e. The number of para-hydroxylation sites is 1. The first-order chi connectivity index (χ1) is 12.5. The molecule has 0 bridgehead atoms. The molecule has 0 saturated heterocycles. The molecule has 0 fully saturated rings. The molecule has 0 aliphatic rings. The molecule has 0 aliphatic carbocycles. The highest BCUT2D eigenvalue weighted by atomic mass is 16.2. The number of nitrogens with zero attached hydrogens (tertiary/aromatic N) is 2. The van der Waals surface area contributed by atoms with E-state index in [0.29, 0.717) is 32.0 Å². The Morgan fingerprint density at radius 3 is 2.04 bits per heavy atom. The van der Waals surface area contributed by atoms with E-state index >= 15 is 0 Å². The average molecular weight is 352 g/mol. The molecule has 2 amide bonds. The van der Waals surface area contributed by atoms with Gasteiger partial charge in [-0.05, 0) is 23.6 Å². The van der Waals surface area contributed by atoms with E-state index in [0.717, 1.165) is 11.3 Å². The molecular formula is C22H28N2O2. The summed E-state index contributed by atoms with van der Waals surface area (Å²) < 4.78 is 0. The van der Waals surface area contributed by atoms with Gasteiger partial charge < -0.3 is 9.80 Å². The van der Waals surface area contributed by atoms with Gasteiger partial charge in [-0.25, -0.2) is 0 Å². The van der Waals surface area contributed by atoms with Crippen molar-refractivity contribution in [2.75, 3.05) is 18.0 Å². The van der Waals surface area contributed by atoms with Crippen molar-refractivity contribution >= 4 is 17.5 Å². The molecule has 0 saturated carbocycles. The lowest BCUT2D eigenvalue weighted by Gasteiger charge is -2.26. The van der Waals surface area contributed by atoms with Gasteiger partial charge in [-0.3, -0.25) is 9.59 Å². The van der Waals surface area contributed by atoms with Crippen molar-refractivity contribution in [2.24, 2.45) is 5.92 Å². The van der Waals surface area contributed by atoms with Gasteiger partial charge in [0.25, 0.3) is 0 Å². The van der Waals surface area contributed by atoms with Crippen molar-refractivity contribution < 1.29 is 9.59 Å². The van der Waals surface area contributed by atoms with Gasteiger partial charge in [-0.15, -0.1) is 0 Å². The van der Waals surface area contributed by atoms with Gasteiger partial charge in [-0.2, -0.15) is 0 Å². The SMILES string of the molecule is CC(=O)N(CCC(=O)N(Cc1ccccc1)c1ccccc1)CC(C)C. The van der Waals surface area contributed by atoms with E-state index in [2.05, 4.69) is 13.8 Å². The lowest BCUT2D eigenvalue weighted by Crippen LogP contribution is -2.37. The average Bonchev–Trinajstić information content (AvgIpc) is 2.64. The standard InChI is InChI=1S/C22H28N2O2/c1-18(2)16-23(19(3)25)15-14-22(26)24(21-12-8-5-9-13-21)17-20-10-6-4-7-11-20/h4-13,18H,14-17H2,1-3H3. The quantitative estimate of drug-likeness (QED) is 0.717. The summed E-state index contributed by atoms with van der Waals surface area (Å²) in [5, 5.41) is 0. The summed E-state index contributed by atoms with van der Waals surface area (Å²) in [6.45, 7) is 7.35. The molecule has 2 aromatic rings. The Balaban J connectivity index is 2.11. The number of carbonyl (C=O) groups excluding carboxylic acids is 2. The molecule has 0 aliphatic heterocycles. The van der Waals surface area contributed by atoms with E-state index in [1.807, 2.05) is 60.7 Å². The molecule has 0 N–H and O–H groups in total. The highest BCUT2D eigenvalue weighted by molar-refractivity contribution is 5.93. The number of amides is 2. The zero-order valence-electron chi connectivity index (χ0n) is 15.9.